The van der Waals surface area contributed by atoms with Gasteiger partial charge in [-0.1, -0.05) is 182 Å². The second-order valence-electron chi connectivity index (χ2n) is 16.0. The molecule has 12 rings (SSSR count). The Balaban J connectivity index is 1.03. The Bertz CT molecular complexity index is 3560. The summed E-state index contributed by atoms with van der Waals surface area (Å²) in [5, 5.41) is 4.75. The molecule has 0 bridgehead atoms. The standard InChI is InChI=1S/C60H40N2O/c1-2-17-41(18-3-1)46-19-4-5-20-48(46)49-21-6-7-22-50(49)51-23-8-12-29-56(51)61(43-35-33-42(34-36-43)47-27-16-28-55-54-26-11-15-32-59(54)63-60(47)55)44-37-39-45(40-38-44)62-57-30-13-9-24-52(57)53-25-10-14-31-58(53)62/h1-40H. The van der Waals surface area contributed by atoms with E-state index < -0.39 is 0 Å². The predicted molar refractivity (Wildman–Crippen MR) is 264 cm³/mol. The van der Waals surface area contributed by atoms with Crippen LogP contribution in [0, 0.1) is 0 Å². The van der Waals surface area contributed by atoms with Crippen molar-refractivity contribution in [2.45, 2.75) is 0 Å². The van der Waals surface area contributed by atoms with Crippen LogP contribution in [0.5, 0.6) is 0 Å². The van der Waals surface area contributed by atoms with Gasteiger partial charge in [0.1, 0.15) is 11.2 Å². The molecule has 0 atom stereocenters. The van der Waals surface area contributed by atoms with Crippen LogP contribution < -0.4 is 4.90 Å². The van der Waals surface area contributed by atoms with Crippen LogP contribution >= 0.6 is 0 Å². The second-order valence-corrected chi connectivity index (χ2v) is 16.0. The van der Waals surface area contributed by atoms with Gasteiger partial charge in [0.05, 0.1) is 16.7 Å². The van der Waals surface area contributed by atoms with Gasteiger partial charge in [-0.3, -0.25) is 0 Å². The first-order chi connectivity index (χ1) is 31.3. The van der Waals surface area contributed by atoms with Crippen LogP contribution in [0.1, 0.15) is 0 Å². The molecule has 0 N–H and O–H groups in total. The molecule has 2 aromatic heterocycles. The minimum atomic E-state index is 0.898. The third-order valence-electron chi connectivity index (χ3n) is 12.5. The van der Waals surface area contributed by atoms with Gasteiger partial charge in [0, 0.05) is 49.7 Å². The van der Waals surface area contributed by atoms with Crippen LogP contribution in [0.15, 0.2) is 247 Å². The number of anilines is 3. The molecule has 3 heteroatoms. The van der Waals surface area contributed by atoms with Crippen molar-refractivity contribution in [2.24, 2.45) is 0 Å². The first kappa shape index (κ1) is 36.5. The van der Waals surface area contributed by atoms with Crippen molar-refractivity contribution < 1.29 is 4.42 Å². The summed E-state index contributed by atoms with van der Waals surface area (Å²) in [7, 11) is 0. The van der Waals surface area contributed by atoms with Crippen LogP contribution in [0.2, 0.25) is 0 Å². The Kier molecular flexibility index (Phi) is 8.83. The van der Waals surface area contributed by atoms with Gasteiger partial charge in [0.2, 0.25) is 0 Å². The maximum atomic E-state index is 6.49. The fraction of sp³-hybridized carbons (Fsp3) is 0. The third kappa shape index (κ3) is 6.21. The molecule has 3 nitrogen and oxygen atoms in total. The van der Waals surface area contributed by atoms with E-state index in [1.54, 1.807) is 0 Å². The van der Waals surface area contributed by atoms with Gasteiger partial charge in [-0.15, -0.1) is 0 Å². The molecule has 10 aromatic carbocycles. The highest BCUT2D eigenvalue weighted by Crippen LogP contribution is 2.46. The summed E-state index contributed by atoms with van der Waals surface area (Å²) in [6.45, 7) is 0. The summed E-state index contributed by atoms with van der Waals surface area (Å²) < 4.78 is 8.86. The summed E-state index contributed by atoms with van der Waals surface area (Å²) in [5.41, 5.74) is 17.7. The summed E-state index contributed by atoms with van der Waals surface area (Å²) in [6, 6.07) is 87.1. The van der Waals surface area contributed by atoms with Gasteiger partial charge in [-0.25, -0.2) is 0 Å². The number of rotatable bonds is 8. The van der Waals surface area contributed by atoms with Crippen LogP contribution in [-0.4, -0.2) is 4.57 Å². The molecule has 0 fully saturated rings. The molecule has 296 valence electrons. The summed E-state index contributed by atoms with van der Waals surface area (Å²) >= 11 is 0. The van der Waals surface area contributed by atoms with Crippen LogP contribution in [0.25, 0.3) is 93.9 Å². The van der Waals surface area contributed by atoms with Crippen molar-refractivity contribution in [3.8, 4) is 50.2 Å². The average molecular weight is 805 g/mol. The number of para-hydroxylation sites is 5. The molecule has 0 unspecified atom stereocenters. The fourth-order valence-corrected chi connectivity index (χ4v) is 9.58. The van der Waals surface area contributed by atoms with Gasteiger partial charge in [-0.05, 0) is 94.0 Å². The minimum absolute atomic E-state index is 0.898. The fourth-order valence-electron chi connectivity index (χ4n) is 9.58. The molecule has 0 saturated carbocycles. The number of hydrogen-bond donors (Lipinski definition) is 0. The number of hydrogen-bond acceptors (Lipinski definition) is 2. The molecule has 0 spiro atoms. The van der Waals surface area contributed by atoms with Gasteiger partial charge >= 0.3 is 0 Å². The Morgan fingerprint density at radius 3 is 1.44 bits per heavy atom. The zero-order chi connectivity index (χ0) is 41.7. The van der Waals surface area contributed by atoms with Crippen LogP contribution in [0.3, 0.4) is 0 Å². The van der Waals surface area contributed by atoms with Crippen molar-refractivity contribution in [1.29, 1.82) is 0 Å². The number of aromatic nitrogens is 1. The van der Waals surface area contributed by atoms with Crippen molar-refractivity contribution in [2.75, 3.05) is 4.90 Å². The van der Waals surface area contributed by atoms with Crippen molar-refractivity contribution in [3.63, 3.8) is 0 Å². The van der Waals surface area contributed by atoms with Gasteiger partial charge in [0.15, 0.2) is 0 Å². The second kappa shape index (κ2) is 15.3. The Labute approximate surface area is 366 Å². The maximum absolute atomic E-state index is 6.49. The average Bonchev–Trinajstić information content (AvgIpc) is 3.91. The number of fused-ring (bicyclic) bond motifs is 6. The number of benzene rings is 10. The number of nitrogens with zero attached hydrogens (tertiary/aromatic N) is 2. The highest BCUT2D eigenvalue weighted by Gasteiger charge is 2.21. The van der Waals surface area contributed by atoms with Gasteiger partial charge < -0.3 is 13.9 Å². The zero-order valence-electron chi connectivity index (χ0n) is 34.4. The van der Waals surface area contributed by atoms with Gasteiger partial charge in [0.25, 0.3) is 0 Å². The third-order valence-corrected chi connectivity index (χ3v) is 12.5. The Morgan fingerprint density at radius 2 is 0.762 bits per heavy atom. The Morgan fingerprint density at radius 1 is 0.302 bits per heavy atom. The molecule has 63 heavy (non-hydrogen) atoms. The summed E-state index contributed by atoms with van der Waals surface area (Å²) in [4.78, 5) is 2.40. The van der Waals surface area contributed by atoms with E-state index in [4.69, 9.17) is 4.42 Å². The van der Waals surface area contributed by atoms with E-state index in [2.05, 4.69) is 240 Å². The monoisotopic (exact) mass is 804 g/mol. The van der Waals surface area contributed by atoms with Crippen molar-refractivity contribution in [3.05, 3.63) is 243 Å². The summed E-state index contributed by atoms with van der Waals surface area (Å²) in [6.07, 6.45) is 0. The topological polar surface area (TPSA) is 21.3 Å². The van der Waals surface area contributed by atoms with Crippen LogP contribution in [0.4, 0.5) is 17.1 Å². The minimum Gasteiger partial charge on any atom is -0.455 e. The predicted octanol–water partition coefficient (Wildman–Crippen LogP) is 16.8. The van der Waals surface area contributed by atoms with Crippen molar-refractivity contribution >= 4 is 60.8 Å². The molecule has 2 heterocycles. The smallest absolute Gasteiger partial charge is 0.143 e. The molecule has 0 radical (unpaired) electrons. The van der Waals surface area contributed by atoms with Crippen LogP contribution in [-0.2, 0) is 0 Å². The van der Waals surface area contributed by atoms with E-state index in [0.29, 0.717) is 0 Å². The van der Waals surface area contributed by atoms with E-state index in [-0.39, 0.29) is 0 Å². The van der Waals surface area contributed by atoms with E-state index >= 15 is 0 Å². The van der Waals surface area contributed by atoms with E-state index in [0.717, 1.165) is 66.9 Å². The lowest BCUT2D eigenvalue weighted by molar-refractivity contribution is 0.670. The van der Waals surface area contributed by atoms with E-state index in [9.17, 15) is 0 Å². The normalized spacial score (nSPS) is 11.5. The lowest BCUT2D eigenvalue weighted by Gasteiger charge is -2.29. The first-order valence-corrected chi connectivity index (χ1v) is 21.5. The molecule has 12 aromatic rings. The largest absolute Gasteiger partial charge is 0.455 e. The lowest BCUT2D eigenvalue weighted by Crippen LogP contribution is -2.11. The zero-order valence-corrected chi connectivity index (χ0v) is 34.4. The first-order valence-electron chi connectivity index (χ1n) is 21.5. The molecular weight excluding hydrogens is 765 g/mol. The highest BCUT2D eigenvalue weighted by atomic mass is 16.3. The van der Waals surface area contributed by atoms with E-state index in [1.807, 2.05) is 12.1 Å². The SMILES string of the molecule is c1ccc(-c2ccccc2-c2ccccc2-c2ccccc2N(c2ccc(-c3cccc4c3oc3ccccc34)cc2)c2ccc(-n3c4ccccc4c4ccccc43)cc2)cc1. The maximum Gasteiger partial charge on any atom is 0.143 e. The molecule has 0 saturated heterocycles. The molecular formula is C60H40N2O. The quantitative estimate of drug-likeness (QED) is 0.153. The van der Waals surface area contributed by atoms with E-state index in [1.165, 1.54) is 44.1 Å². The number of furan rings is 1. The van der Waals surface area contributed by atoms with Gasteiger partial charge in [-0.2, -0.15) is 0 Å². The molecule has 0 aliphatic carbocycles. The van der Waals surface area contributed by atoms with Crippen molar-refractivity contribution in [1.82, 2.24) is 4.57 Å². The summed E-state index contributed by atoms with van der Waals surface area (Å²) in [5.74, 6) is 0. The highest BCUT2D eigenvalue weighted by molar-refractivity contribution is 6.10. The molecule has 0 amide bonds. The molecule has 0 aliphatic heterocycles. The lowest BCUT2D eigenvalue weighted by atomic mass is 9.88. The Hall–Kier alpha value is -8.40. The molecule has 0 aliphatic rings.